The summed E-state index contributed by atoms with van der Waals surface area (Å²) >= 11 is 3.50. The first-order valence-corrected chi connectivity index (χ1v) is 7.54. The van der Waals surface area contributed by atoms with Gasteiger partial charge in [0.15, 0.2) is 0 Å². The van der Waals surface area contributed by atoms with Gasteiger partial charge in [-0.3, -0.25) is 0 Å². The second-order valence-electron chi connectivity index (χ2n) is 4.65. The molecule has 0 N–H and O–H groups in total. The molecule has 0 aromatic carbocycles. The first kappa shape index (κ1) is 13.7. The van der Waals surface area contributed by atoms with Crippen molar-refractivity contribution in [1.82, 2.24) is 20.1 Å². The van der Waals surface area contributed by atoms with Crippen molar-refractivity contribution in [2.24, 2.45) is 0 Å². The van der Waals surface area contributed by atoms with Crippen molar-refractivity contribution in [3.63, 3.8) is 0 Å². The van der Waals surface area contributed by atoms with E-state index in [9.17, 15) is 0 Å². The van der Waals surface area contributed by atoms with Crippen LogP contribution in [0.3, 0.4) is 0 Å². The smallest absolute Gasteiger partial charge is 0.245 e. The summed E-state index contributed by atoms with van der Waals surface area (Å²) in [4.78, 5) is 9.25. The number of aryl methyl sites for hydroxylation is 2. The molecular weight excluding hydrogens is 294 g/mol. The SMILES string of the molecule is Cc1nnc(N2CCCN(CCBr)CC2)nc1C. The molecule has 1 saturated heterocycles. The Balaban J connectivity index is 2.02. The van der Waals surface area contributed by atoms with Crippen LogP contribution in [-0.4, -0.2) is 58.1 Å². The first-order chi connectivity index (χ1) is 8.70. The Hall–Kier alpha value is -0.750. The Bertz CT molecular complexity index is 398. The number of hydrogen-bond donors (Lipinski definition) is 0. The van der Waals surface area contributed by atoms with Crippen molar-refractivity contribution in [2.45, 2.75) is 20.3 Å². The molecule has 6 heteroatoms. The number of aromatic nitrogens is 3. The highest BCUT2D eigenvalue weighted by Crippen LogP contribution is 2.12. The van der Waals surface area contributed by atoms with Crippen LogP contribution in [0.15, 0.2) is 0 Å². The van der Waals surface area contributed by atoms with Crippen LogP contribution in [0.5, 0.6) is 0 Å². The zero-order valence-electron chi connectivity index (χ0n) is 11.1. The minimum absolute atomic E-state index is 0.777. The maximum absolute atomic E-state index is 4.53. The Morgan fingerprint density at radius 3 is 2.61 bits per heavy atom. The van der Waals surface area contributed by atoms with Crippen LogP contribution in [0.4, 0.5) is 5.95 Å². The van der Waals surface area contributed by atoms with Crippen LogP contribution in [0.1, 0.15) is 17.8 Å². The van der Waals surface area contributed by atoms with Crippen molar-refractivity contribution in [1.29, 1.82) is 0 Å². The minimum atomic E-state index is 0.777. The van der Waals surface area contributed by atoms with Gasteiger partial charge in [-0.05, 0) is 26.8 Å². The molecule has 0 spiro atoms. The molecule has 0 unspecified atom stereocenters. The molecule has 2 rings (SSSR count). The monoisotopic (exact) mass is 313 g/mol. The van der Waals surface area contributed by atoms with E-state index in [4.69, 9.17) is 0 Å². The second kappa shape index (κ2) is 6.43. The molecule has 0 radical (unpaired) electrons. The fraction of sp³-hybridized carbons (Fsp3) is 0.750. The molecule has 0 amide bonds. The third kappa shape index (κ3) is 3.38. The summed E-state index contributed by atoms with van der Waals surface area (Å²) in [6, 6.07) is 0. The van der Waals surface area contributed by atoms with E-state index >= 15 is 0 Å². The van der Waals surface area contributed by atoms with Crippen molar-refractivity contribution in [3.05, 3.63) is 11.4 Å². The number of rotatable bonds is 3. The summed E-state index contributed by atoms with van der Waals surface area (Å²) in [5.41, 5.74) is 1.89. The van der Waals surface area contributed by atoms with Crippen molar-refractivity contribution < 1.29 is 0 Å². The highest BCUT2D eigenvalue weighted by molar-refractivity contribution is 9.09. The summed E-state index contributed by atoms with van der Waals surface area (Å²) in [7, 11) is 0. The molecule has 2 heterocycles. The topological polar surface area (TPSA) is 45.2 Å². The van der Waals surface area contributed by atoms with E-state index in [1.165, 1.54) is 0 Å². The van der Waals surface area contributed by atoms with E-state index in [0.717, 1.165) is 61.8 Å². The van der Waals surface area contributed by atoms with Gasteiger partial charge in [0, 0.05) is 31.5 Å². The molecule has 0 atom stereocenters. The van der Waals surface area contributed by atoms with E-state index in [1.807, 2.05) is 13.8 Å². The highest BCUT2D eigenvalue weighted by atomic mass is 79.9. The molecule has 0 aliphatic carbocycles. The Morgan fingerprint density at radius 2 is 1.89 bits per heavy atom. The summed E-state index contributed by atoms with van der Waals surface area (Å²) < 4.78 is 0. The fourth-order valence-electron chi connectivity index (χ4n) is 2.09. The van der Waals surface area contributed by atoms with Crippen LogP contribution in [0, 0.1) is 13.8 Å². The predicted octanol–water partition coefficient (Wildman–Crippen LogP) is 1.40. The van der Waals surface area contributed by atoms with E-state index in [1.54, 1.807) is 0 Å². The van der Waals surface area contributed by atoms with Gasteiger partial charge in [0.1, 0.15) is 0 Å². The molecular formula is C12H20BrN5. The van der Waals surface area contributed by atoms with E-state index in [-0.39, 0.29) is 0 Å². The van der Waals surface area contributed by atoms with Gasteiger partial charge >= 0.3 is 0 Å². The minimum Gasteiger partial charge on any atom is -0.338 e. The third-order valence-electron chi connectivity index (χ3n) is 3.35. The number of nitrogens with zero attached hydrogens (tertiary/aromatic N) is 5. The van der Waals surface area contributed by atoms with Crippen LogP contribution in [0.2, 0.25) is 0 Å². The molecule has 1 aromatic rings. The lowest BCUT2D eigenvalue weighted by Crippen LogP contribution is -2.32. The maximum Gasteiger partial charge on any atom is 0.245 e. The first-order valence-electron chi connectivity index (χ1n) is 6.42. The average Bonchev–Trinajstić information content (AvgIpc) is 2.59. The van der Waals surface area contributed by atoms with Crippen molar-refractivity contribution in [3.8, 4) is 0 Å². The molecule has 1 aromatic heterocycles. The lowest BCUT2D eigenvalue weighted by Gasteiger charge is -2.21. The Kier molecular flexibility index (Phi) is 4.88. The Morgan fingerprint density at radius 1 is 1.06 bits per heavy atom. The fourth-order valence-corrected chi connectivity index (χ4v) is 2.59. The predicted molar refractivity (Wildman–Crippen MR) is 76.4 cm³/mol. The number of hydrogen-bond acceptors (Lipinski definition) is 5. The summed E-state index contributed by atoms with van der Waals surface area (Å²) in [5.74, 6) is 0.777. The zero-order valence-corrected chi connectivity index (χ0v) is 12.6. The second-order valence-corrected chi connectivity index (χ2v) is 5.45. The van der Waals surface area contributed by atoms with Gasteiger partial charge in [0.05, 0.1) is 11.4 Å². The van der Waals surface area contributed by atoms with Gasteiger partial charge in [-0.1, -0.05) is 15.9 Å². The summed E-state index contributed by atoms with van der Waals surface area (Å²) in [5, 5.41) is 9.41. The Labute approximate surface area is 117 Å². The van der Waals surface area contributed by atoms with Gasteiger partial charge in [0.25, 0.3) is 0 Å². The third-order valence-corrected chi connectivity index (χ3v) is 3.71. The molecule has 18 heavy (non-hydrogen) atoms. The number of anilines is 1. The van der Waals surface area contributed by atoms with Crippen LogP contribution < -0.4 is 4.90 Å². The van der Waals surface area contributed by atoms with Crippen LogP contribution in [0.25, 0.3) is 0 Å². The molecule has 1 aliphatic heterocycles. The van der Waals surface area contributed by atoms with Crippen LogP contribution in [-0.2, 0) is 0 Å². The van der Waals surface area contributed by atoms with Crippen LogP contribution >= 0.6 is 15.9 Å². The molecule has 100 valence electrons. The molecule has 1 fully saturated rings. The van der Waals surface area contributed by atoms with E-state index in [2.05, 4.69) is 40.9 Å². The number of halogens is 1. The van der Waals surface area contributed by atoms with Gasteiger partial charge in [-0.25, -0.2) is 4.98 Å². The standard InChI is InChI=1S/C12H20BrN5/c1-10-11(2)15-16-12(14-10)18-6-3-5-17(7-4-13)8-9-18/h3-9H2,1-2H3. The highest BCUT2D eigenvalue weighted by Gasteiger charge is 2.17. The largest absolute Gasteiger partial charge is 0.338 e. The van der Waals surface area contributed by atoms with Crippen molar-refractivity contribution in [2.75, 3.05) is 43.0 Å². The quantitative estimate of drug-likeness (QED) is 0.789. The molecule has 5 nitrogen and oxygen atoms in total. The lowest BCUT2D eigenvalue weighted by atomic mass is 10.3. The lowest BCUT2D eigenvalue weighted by molar-refractivity contribution is 0.313. The van der Waals surface area contributed by atoms with Gasteiger partial charge in [0.2, 0.25) is 5.95 Å². The average molecular weight is 314 g/mol. The zero-order chi connectivity index (χ0) is 13.0. The van der Waals surface area contributed by atoms with E-state index < -0.39 is 0 Å². The van der Waals surface area contributed by atoms with Crippen molar-refractivity contribution >= 4 is 21.9 Å². The van der Waals surface area contributed by atoms with E-state index in [0.29, 0.717) is 0 Å². The molecule has 0 saturated carbocycles. The number of alkyl halides is 1. The maximum atomic E-state index is 4.53. The van der Waals surface area contributed by atoms with Gasteiger partial charge in [-0.15, -0.1) is 5.10 Å². The van der Waals surface area contributed by atoms with Gasteiger partial charge < -0.3 is 9.80 Å². The summed E-state index contributed by atoms with van der Waals surface area (Å²) in [6.45, 7) is 9.27. The van der Waals surface area contributed by atoms with Gasteiger partial charge in [-0.2, -0.15) is 5.10 Å². The summed E-state index contributed by atoms with van der Waals surface area (Å²) in [6.07, 6.45) is 1.16. The molecule has 1 aliphatic rings. The molecule has 0 bridgehead atoms. The normalized spacial score (nSPS) is 17.8.